The molecule has 0 saturated carbocycles. The molecule has 104 valence electrons. The number of hydrogen-bond donors (Lipinski definition) is 1. The summed E-state index contributed by atoms with van der Waals surface area (Å²) in [4.78, 5) is 14.5. The zero-order chi connectivity index (χ0) is 13.8. The van der Waals surface area contributed by atoms with E-state index in [2.05, 4.69) is 0 Å². The first-order valence-corrected chi connectivity index (χ1v) is 6.85. The number of hydrogen-bond acceptors (Lipinski definition) is 3. The molecule has 1 aromatic rings. The van der Waals surface area contributed by atoms with Crippen LogP contribution in [0, 0.1) is 12.8 Å². The summed E-state index contributed by atoms with van der Waals surface area (Å²) in [6, 6.07) is 5.51. The van der Waals surface area contributed by atoms with E-state index in [1.807, 2.05) is 36.9 Å². The van der Waals surface area contributed by atoms with E-state index in [0.717, 1.165) is 31.7 Å². The number of benzene rings is 1. The van der Waals surface area contributed by atoms with E-state index in [-0.39, 0.29) is 5.91 Å². The summed E-state index contributed by atoms with van der Waals surface area (Å²) in [6.07, 6.45) is 1.04. The molecule has 1 atom stereocenters. The molecule has 19 heavy (non-hydrogen) atoms. The van der Waals surface area contributed by atoms with Gasteiger partial charge in [0.15, 0.2) is 0 Å². The molecule has 2 N–H and O–H groups in total. The van der Waals surface area contributed by atoms with E-state index in [9.17, 15) is 4.79 Å². The van der Waals surface area contributed by atoms with Crippen molar-refractivity contribution >= 4 is 11.6 Å². The van der Waals surface area contributed by atoms with E-state index in [1.165, 1.54) is 0 Å². The molecule has 4 nitrogen and oxygen atoms in total. The minimum Gasteiger partial charge on any atom is -0.398 e. The molecule has 1 fully saturated rings. The van der Waals surface area contributed by atoms with Crippen LogP contribution in [0.4, 0.5) is 5.69 Å². The topological polar surface area (TPSA) is 55.6 Å². The highest BCUT2D eigenvalue weighted by molar-refractivity contribution is 5.96. The summed E-state index contributed by atoms with van der Waals surface area (Å²) in [6.45, 7) is 6.96. The Hall–Kier alpha value is -1.55. The Kier molecular flexibility index (Phi) is 4.43. The molecule has 2 rings (SSSR count). The second-order valence-corrected chi connectivity index (χ2v) is 5.09. The fourth-order valence-electron chi connectivity index (χ4n) is 2.45. The van der Waals surface area contributed by atoms with Crippen LogP contribution in [0.15, 0.2) is 18.2 Å². The second-order valence-electron chi connectivity index (χ2n) is 5.09. The lowest BCUT2D eigenvalue weighted by Gasteiger charge is -2.24. The molecule has 0 bridgehead atoms. The first kappa shape index (κ1) is 13.9. The van der Waals surface area contributed by atoms with Crippen molar-refractivity contribution in [2.75, 3.05) is 32.0 Å². The molecule has 1 aromatic carbocycles. The van der Waals surface area contributed by atoms with Gasteiger partial charge in [0.2, 0.25) is 0 Å². The molecule has 0 radical (unpaired) electrons. The normalized spacial score (nSPS) is 18.5. The molecule has 1 aliphatic heterocycles. The number of nitrogens with two attached hydrogens (primary N) is 1. The summed E-state index contributed by atoms with van der Waals surface area (Å²) in [5.74, 6) is 0.532. The highest BCUT2D eigenvalue weighted by atomic mass is 16.5. The van der Waals surface area contributed by atoms with E-state index >= 15 is 0 Å². The third-order valence-corrected chi connectivity index (χ3v) is 3.78. The maximum absolute atomic E-state index is 12.6. The molecular weight excluding hydrogens is 240 g/mol. The van der Waals surface area contributed by atoms with Gasteiger partial charge in [-0.2, -0.15) is 0 Å². The zero-order valence-electron chi connectivity index (χ0n) is 11.7. The maximum Gasteiger partial charge on any atom is 0.254 e. The van der Waals surface area contributed by atoms with Crippen LogP contribution in [-0.4, -0.2) is 37.1 Å². The van der Waals surface area contributed by atoms with Gasteiger partial charge in [0.25, 0.3) is 5.91 Å². The summed E-state index contributed by atoms with van der Waals surface area (Å²) in [5, 5.41) is 0. The number of carbonyl (C=O) groups excluding carboxylic acids is 1. The van der Waals surface area contributed by atoms with Gasteiger partial charge in [0.1, 0.15) is 0 Å². The van der Waals surface area contributed by atoms with Crippen LogP contribution in [0.3, 0.4) is 0 Å². The monoisotopic (exact) mass is 262 g/mol. The molecule has 0 aromatic heterocycles. The van der Waals surface area contributed by atoms with Crippen molar-refractivity contribution in [3.63, 3.8) is 0 Å². The Labute approximate surface area is 114 Å². The molecule has 0 aliphatic carbocycles. The number of nitrogens with zero attached hydrogens (tertiary/aromatic N) is 1. The summed E-state index contributed by atoms with van der Waals surface area (Å²) >= 11 is 0. The van der Waals surface area contributed by atoms with Gasteiger partial charge in [-0.15, -0.1) is 0 Å². The van der Waals surface area contributed by atoms with Gasteiger partial charge >= 0.3 is 0 Å². The Bertz CT molecular complexity index is 453. The fraction of sp³-hybridized carbons (Fsp3) is 0.533. The molecule has 1 saturated heterocycles. The van der Waals surface area contributed by atoms with Crippen LogP contribution in [0.2, 0.25) is 0 Å². The van der Waals surface area contributed by atoms with Crippen molar-refractivity contribution in [1.29, 1.82) is 0 Å². The lowest BCUT2D eigenvalue weighted by molar-refractivity contribution is 0.0730. The number of anilines is 1. The summed E-state index contributed by atoms with van der Waals surface area (Å²) < 4.78 is 5.37. The van der Waals surface area contributed by atoms with Crippen molar-refractivity contribution in [2.45, 2.75) is 20.3 Å². The van der Waals surface area contributed by atoms with Gasteiger partial charge in [-0.25, -0.2) is 0 Å². The highest BCUT2D eigenvalue weighted by Gasteiger charge is 2.23. The Morgan fingerprint density at radius 1 is 1.53 bits per heavy atom. The van der Waals surface area contributed by atoms with Crippen molar-refractivity contribution in [2.24, 2.45) is 5.92 Å². The molecular formula is C15H22N2O2. The van der Waals surface area contributed by atoms with Gasteiger partial charge in [-0.3, -0.25) is 4.79 Å². The number of amides is 1. The Morgan fingerprint density at radius 2 is 2.32 bits per heavy atom. The number of ether oxygens (including phenoxy) is 1. The molecule has 0 spiro atoms. The van der Waals surface area contributed by atoms with E-state index in [0.29, 0.717) is 23.7 Å². The largest absolute Gasteiger partial charge is 0.398 e. The lowest BCUT2D eigenvalue weighted by Crippen LogP contribution is -2.36. The van der Waals surface area contributed by atoms with E-state index in [4.69, 9.17) is 10.5 Å². The number of rotatable bonds is 4. The highest BCUT2D eigenvalue weighted by Crippen LogP contribution is 2.20. The Balaban J connectivity index is 2.13. The average Bonchev–Trinajstić information content (AvgIpc) is 2.91. The third kappa shape index (κ3) is 3.07. The SMILES string of the molecule is CCN(CC1CCOC1)C(=O)c1cccc(N)c1C. The summed E-state index contributed by atoms with van der Waals surface area (Å²) in [5.41, 5.74) is 8.12. The smallest absolute Gasteiger partial charge is 0.254 e. The third-order valence-electron chi connectivity index (χ3n) is 3.78. The van der Waals surface area contributed by atoms with Crippen molar-refractivity contribution in [1.82, 2.24) is 4.90 Å². The fourth-order valence-corrected chi connectivity index (χ4v) is 2.45. The maximum atomic E-state index is 12.6. The Morgan fingerprint density at radius 3 is 2.95 bits per heavy atom. The van der Waals surface area contributed by atoms with Crippen LogP contribution >= 0.6 is 0 Å². The molecule has 1 amide bonds. The molecule has 1 unspecified atom stereocenters. The average molecular weight is 262 g/mol. The summed E-state index contributed by atoms with van der Waals surface area (Å²) in [7, 11) is 0. The minimum atomic E-state index is 0.0687. The van der Waals surface area contributed by atoms with Crippen LogP contribution in [0.1, 0.15) is 29.3 Å². The first-order chi connectivity index (χ1) is 9.13. The van der Waals surface area contributed by atoms with Crippen molar-refractivity contribution < 1.29 is 9.53 Å². The van der Waals surface area contributed by atoms with E-state index in [1.54, 1.807) is 0 Å². The molecule has 1 heterocycles. The number of carbonyl (C=O) groups is 1. The van der Waals surface area contributed by atoms with Crippen LogP contribution in [-0.2, 0) is 4.74 Å². The van der Waals surface area contributed by atoms with Crippen LogP contribution < -0.4 is 5.73 Å². The van der Waals surface area contributed by atoms with Gasteiger partial charge in [-0.05, 0) is 38.0 Å². The van der Waals surface area contributed by atoms with E-state index < -0.39 is 0 Å². The van der Waals surface area contributed by atoms with Crippen LogP contribution in [0.25, 0.3) is 0 Å². The van der Waals surface area contributed by atoms with Gasteiger partial charge in [0, 0.05) is 36.9 Å². The molecule has 4 heteroatoms. The predicted octanol–water partition coefficient (Wildman–Crippen LogP) is 2.08. The van der Waals surface area contributed by atoms with Gasteiger partial charge in [-0.1, -0.05) is 6.07 Å². The molecule has 1 aliphatic rings. The first-order valence-electron chi connectivity index (χ1n) is 6.85. The van der Waals surface area contributed by atoms with Crippen molar-refractivity contribution in [3.8, 4) is 0 Å². The zero-order valence-corrected chi connectivity index (χ0v) is 11.7. The minimum absolute atomic E-state index is 0.0687. The second kappa shape index (κ2) is 6.06. The van der Waals surface area contributed by atoms with Crippen LogP contribution in [0.5, 0.6) is 0 Å². The van der Waals surface area contributed by atoms with Crippen molar-refractivity contribution in [3.05, 3.63) is 29.3 Å². The quantitative estimate of drug-likeness (QED) is 0.845. The standard InChI is InChI=1S/C15H22N2O2/c1-3-17(9-12-7-8-19-10-12)15(18)13-5-4-6-14(16)11(13)2/h4-6,12H,3,7-10,16H2,1-2H3. The van der Waals surface area contributed by atoms with Gasteiger partial charge < -0.3 is 15.4 Å². The predicted molar refractivity (Wildman–Crippen MR) is 76.1 cm³/mol. The lowest BCUT2D eigenvalue weighted by atomic mass is 10.0. The number of nitrogen functional groups attached to an aromatic ring is 1. The van der Waals surface area contributed by atoms with Gasteiger partial charge in [0.05, 0.1) is 6.61 Å².